The van der Waals surface area contributed by atoms with E-state index in [9.17, 15) is 22.0 Å². The minimum atomic E-state index is -4.48. The molecule has 0 aliphatic carbocycles. The Morgan fingerprint density at radius 3 is 2.48 bits per heavy atom. The summed E-state index contributed by atoms with van der Waals surface area (Å²) in [5.41, 5.74) is -1.49. The van der Waals surface area contributed by atoms with E-state index in [1.165, 1.54) is 0 Å². The van der Waals surface area contributed by atoms with E-state index in [0.717, 1.165) is 18.5 Å². The second kappa shape index (κ2) is 7.77. The van der Waals surface area contributed by atoms with Gasteiger partial charge in [0.1, 0.15) is 29.0 Å². The van der Waals surface area contributed by atoms with Crippen LogP contribution < -0.4 is 10.1 Å². The van der Waals surface area contributed by atoms with Crippen molar-refractivity contribution in [1.82, 2.24) is 15.0 Å². The molecule has 2 heterocycles. The first kappa shape index (κ1) is 19.1. The van der Waals surface area contributed by atoms with Gasteiger partial charge in [-0.2, -0.15) is 13.2 Å². The van der Waals surface area contributed by atoms with Crippen LogP contribution in [0.3, 0.4) is 0 Å². The number of rotatable bonds is 6. The molecule has 25 heavy (non-hydrogen) atoms. The highest BCUT2D eigenvalue weighted by molar-refractivity contribution is 6.33. The van der Waals surface area contributed by atoms with Gasteiger partial charge in [-0.25, -0.2) is 23.7 Å². The third kappa shape index (κ3) is 5.12. The van der Waals surface area contributed by atoms with Crippen molar-refractivity contribution in [2.45, 2.75) is 25.6 Å². The lowest BCUT2D eigenvalue weighted by atomic mass is 10.3. The van der Waals surface area contributed by atoms with Crippen molar-refractivity contribution in [2.24, 2.45) is 0 Å². The number of nitrogens with one attached hydrogen (secondary N) is 1. The van der Waals surface area contributed by atoms with Gasteiger partial charge in [-0.3, -0.25) is 0 Å². The van der Waals surface area contributed by atoms with Crippen molar-refractivity contribution in [3.63, 3.8) is 0 Å². The van der Waals surface area contributed by atoms with Gasteiger partial charge in [0, 0.05) is 12.3 Å². The van der Waals surface area contributed by atoms with E-state index in [-0.39, 0.29) is 23.3 Å². The van der Waals surface area contributed by atoms with Gasteiger partial charge in [-0.05, 0) is 13.0 Å². The molecule has 0 aromatic carbocycles. The van der Waals surface area contributed by atoms with Crippen LogP contribution in [0.2, 0.25) is 5.02 Å². The Balaban J connectivity index is 1.95. The van der Waals surface area contributed by atoms with Crippen LogP contribution in [-0.2, 0) is 6.18 Å². The van der Waals surface area contributed by atoms with E-state index in [1.54, 1.807) is 6.92 Å². The normalized spacial score (nSPS) is 13.0. The molecule has 0 fully saturated rings. The molecule has 0 spiro atoms. The number of halogens is 6. The summed E-state index contributed by atoms with van der Waals surface area (Å²) >= 11 is 5.78. The Morgan fingerprint density at radius 1 is 1.20 bits per heavy atom. The van der Waals surface area contributed by atoms with Crippen LogP contribution in [0, 0.1) is 0 Å². The van der Waals surface area contributed by atoms with Crippen LogP contribution in [-0.4, -0.2) is 27.6 Å². The van der Waals surface area contributed by atoms with Crippen LogP contribution in [0.1, 0.15) is 24.6 Å². The highest BCUT2D eigenvalue weighted by Crippen LogP contribution is 2.30. The van der Waals surface area contributed by atoms with Gasteiger partial charge in [0.25, 0.3) is 6.43 Å². The van der Waals surface area contributed by atoms with Crippen LogP contribution in [0.5, 0.6) is 5.88 Å². The maximum atomic E-state index is 12.7. The third-order valence-electron chi connectivity index (χ3n) is 2.97. The quantitative estimate of drug-likeness (QED) is 0.752. The zero-order valence-corrected chi connectivity index (χ0v) is 13.4. The van der Waals surface area contributed by atoms with Crippen LogP contribution in [0.25, 0.3) is 0 Å². The smallest absolute Gasteiger partial charge is 0.417 e. The predicted molar refractivity (Wildman–Crippen MR) is 79.8 cm³/mol. The fraction of sp³-hybridized carbons (Fsp3) is 0.357. The highest BCUT2D eigenvalue weighted by atomic mass is 35.5. The monoisotopic (exact) mass is 382 g/mol. The number of pyridine rings is 1. The molecule has 11 heteroatoms. The predicted octanol–water partition coefficient (Wildman–Crippen LogP) is 4.36. The van der Waals surface area contributed by atoms with Crippen molar-refractivity contribution in [3.05, 3.63) is 40.9 Å². The number of anilines is 1. The van der Waals surface area contributed by atoms with E-state index >= 15 is 0 Å². The van der Waals surface area contributed by atoms with Crippen molar-refractivity contribution >= 4 is 17.4 Å². The summed E-state index contributed by atoms with van der Waals surface area (Å²) in [6, 6.07) is 1.94. The number of alkyl halides is 5. The molecule has 0 amide bonds. The van der Waals surface area contributed by atoms with Gasteiger partial charge in [0.05, 0.1) is 12.1 Å². The van der Waals surface area contributed by atoms with E-state index in [4.69, 9.17) is 16.3 Å². The Labute approximate surface area is 144 Å². The Kier molecular flexibility index (Phi) is 5.93. The topological polar surface area (TPSA) is 59.9 Å². The molecule has 1 atom stereocenters. The van der Waals surface area contributed by atoms with Gasteiger partial charge in [-0.1, -0.05) is 11.6 Å². The highest BCUT2D eigenvalue weighted by Gasteiger charge is 2.30. The maximum Gasteiger partial charge on any atom is 0.417 e. The zero-order chi connectivity index (χ0) is 18.6. The van der Waals surface area contributed by atoms with Gasteiger partial charge < -0.3 is 10.1 Å². The maximum absolute atomic E-state index is 12.7. The molecule has 1 unspecified atom stereocenters. The lowest BCUT2D eigenvalue weighted by Crippen LogP contribution is -2.24. The molecular weight excluding hydrogens is 371 g/mol. The van der Waals surface area contributed by atoms with Crippen LogP contribution in [0.4, 0.5) is 27.8 Å². The number of aromatic nitrogens is 3. The minimum absolute atomic E-state index is 0.00259. The van der Waals surface area contributed by atoms with Crippen molar-refractivity contribution in [1.29, 1.82) is 0 Å². The molecule has 2 aromatic heterocycles. The zero-order valence-electron chi connectivity index (χ0n) is 12.7. The molecular formula is C14H12ClF5N4O. The molecule has 136 valence electrons. The average Bonchev–Trinajstić information content (AvgIpc) is 2.53. The summed E-state index contributed by atoms with van der Waals surface area (Å²) in [5.74, 6) is -0.00727. The van der Waals surface area contributed by atoms with E-state index in [0.29, 0.717) is 6.20 Å². The van der Waals surface area contributed by atoms with E-state index < -0.39 is 30.0 Å². The van der Waals surface area contributed by atoms with E-state index in [1.807, 2.05) is 0 Å². The van der Waals surface area contributed by atoms with Gasteiger partial charge in [0.15, 0.2) is 0 Å². The number of hydrogen-bond donors (Lipinski definition) is 1. The minimum Gasteiger partial charge on any atom is -0.473 e. The van der Waals surface area contributed by atoms with Crippen LogP contribution >= 0.6 is 11.6 Å². The molecule has 0 saturated heterocycles. The van der Waals surface area contributed by atoms with E-state index in [2.05, 4.69) is 20.3 Å². The molecule has 0 aliphatic rings. The molecule has 0 bridgehead atoms. The van der Waals surface area contributed by atoms with Crippen molar-refractivity contribution < 1.29 is 26.7 Å². The molecule has 0 radical (unpaired) electrons. The van der Waals surface area contributed by atoms with Gasteiger partial charge >= 0.3 is 6.18 Å². The van der Waals surface area contributed by atoms with Gasteiger partial charge in [0.2, 0.25) is 5.88 Å². The number of nitrogens with zero attached hydrogens (tertiary/aromatic N) is 3. The first-order valence-corrected chi connectivity index (χ1v) is 7.28. The summed E-state index contributed by atoms with van der Waals surface area (Å²) < 4.78 is 68.1. The summed E-state index contributed by atoms with van der Waals surface area (Å²) in [7, 11) is 0. The molecule has 2 rings (SSSR count). The first-order valence-electron chi connectivity index (χ1n) is 6.90. The number of ether oxygens (including phenoxy) is 1. The third-order valence-corrected chi connectivity index (χ3v) is 3.34. The second-order valence-corrected chi connectivity index (χ2v) is 5.29. The molecule has 0 aliphatic heterocycles. The Bertz CT molecular complexity index is 711. The standard InChI is InChI=1S/C14H12ClF5N4O/c1-7(25-9-3-2-8(5-21-9)14(18,19)20)4-22-13-10(15)11(12(16)17)23-6-24-13/h2-3,5-7,12H,4H2,1H3,(H,22,23,24). The molecule has 0 saturated carbocycles. The fourth-order valence-electron chi connectivity index (χ4n) is 1.76. The Hall–Kier alpha value is -2.23. The lowest BCUT2D eigenvalue weighted by Gasteiger charge is -2.16. The number of hydrogen-bond acceptors (Lipinski definition) is 5. The SMILES string of the molecule is CC(CNc1ncnc(C(F)F)c1Cl)Oc1ccc(C(F)(F)F)cn1. The van der Waals surface area contributed by atoms with Crippen molar-refractivity contribution in [2.75, 3.05) is 11.9 Å². The molecule has 5 nitrogen and oxygen atoms in total. The Morgan fingerprint density at radius 2 is 1.92 bits per heavy atom. The molecule has 1 N–H and O–H groups in total. The fourth-order valence-corrected chi connectivity index (χ4v) is 2.01. The summed E-state index contributed by atoms with van der Waals surface area (Å²) in [6.07, 6.45) is -6.28. The van der Waals surface area contributed by atoms with Crippen molar-refractivity contribution in [3.8, 4) is 5.88 Å². The summed E-state index contributed by atoms with van der Waals surface area (Å²) in [5, 5.41) is 2.41. The first-order chi connectivity index (χ1) is 11.7. The second-order valence-electron chi connectivity index (χ2n) is 4.91. The summed E-state index contributed by atoms with van der Waals surface area (Å²) in [4.78, 5) is 10.7. The summed E-state index contributed by atoms with van der Waals surface area (Å²) in [6.45, 7) is 1.71. The average molecular weight is 383 g/mol. The molecule has 2 aromatic rings. The lowest BCUT2D eigenvalue weighted by molar-refractivity contribution is -0.137. The van der Waals surface area contributed by atoms with Gasteiger partial charge in [-0.15, -0.1) is 0 Å². The van der Waals surface area contributed by atoms with Crippen LogP contribution in [0.15, 0.2) is 24.7 Å². The largest absolute Gasteiger partial charge is 0.473 e.